The molecule has 0 aromatic heterocycles. The van der Waals surface area contributed by atoms with Gasteiger partial charge in [-0.25, -0.2) is 9.79 Å². The highest BCUT2D eigenvalue weighted by atomic mass is 79.9. The largest absolute Gasteiger partial charge is 0.402 e. The monoisotopic (exact) mass is 361 g/mol. The molecule has 1 heterocycles. The molecule has 5 heteroatoms. The molecule has 0 saturated carbocycles. The van der Waals surface area contributed by atoms with Gasteiger partial charge in [-0.3, -0.25) is 0 Å². The van der Waals surface area contributed by atoms with Crippen LogP contribution in [0.5, 0.6) is 0 Å². The number of benzene rings is 2. The third kappa shape index (κ3) is 3.06. The number of nitrogens with zero attached hydrogens (tertiary/aromatic N) is 1. The van der Waals surface area contributed by atoms with Gasteiger partial charge in [0.25, 0.3) is 0 Å². The molecule has 1 aliphatic heterocycles. The molecular weight excluding hydrogens is 354 g/mol. The van der Waals surface area contributed by atoms with Crippen LogP contribution in [0.2, 0.25) is 5.02 Å². The molecule has 0 unspecified atom stereocenters. The van der Waals surface area contributed by atoms with Gasteiger partial charge >= 0.3 is 5.97 Å². The van der Waals surface area contributed by atoms with Gasteiger partial charge in [-0.05, 0) is 51.8 Å². The summed E-state index contributed by atoms with van der Waals surface area (Å²) in [6.45, 7) is 0. The van der Waals surface area contributed by atoms with Crippen molar-refractivity contribution in [3.63, 3.8) is 0 Å². The fraction of sp³-hybridized carbons (Fsp3) is 0. The van der Waals surface area contributed by atoms with Crippen LogP contribution in [0.25, 0.3) is 6.08 Å². The van der Waals surface area contributed by atoms with Crippen molar-refractivity contribution in [3.05, 3.63) is 74.9 Å². The Morgan fingerprint density at radius 1 is 1.10 bits per heavy atom. The molecule has 2 aromatic carbocycles. The second kappa shape index (κ2) is 5.84. The smallest absolute Gasteiger partial charge is 0.363 e. The Bertz CT molecular complexity index is 766. The summed E-state index contributed by atoms with van der Waals surface area (Å²) in [5, 5.41) is 0.642. The summed E-state index contributed by atoms with van der Waals surface area (Å²) in [7, 11) is 0. The molecular formula is C16H9BrClNO2. The van der Waals surface area contributed by atoms with E-state index in [1.807, 2.05) is 36.4 Å². The Morgan fingerprint density at radius 2 is 1.81 bits per heavy atom. The minimum Gasteiger partial charge on any atom is -0.402 e. The van der Waals surface area contributed by atoms with E-state index in [0.717, 1.165) is 15.6 Å². The van der Waals surface area contributed by atoms with E-state index in [2.05, 4.69) is 20.9 Å². The van der Waals surface area contributed by atoms with Crippen LogP contribution in [-0.4, -0.2) is 11.9 Å². The number of aliphatic imine (C=N–C) groups is 1. The van der Waals surface area contributed by atoms with Crippen molar-refractivity contribution in [1.82, 2.24) is 0 Å². The lowest BCUT2D eigenvalue weighted by molar-refractivity contribution is -0.129. The standard InChI is InChI=1S/C16H9BrClNO2/c17-13-4-2-1-3-12(13)15-19-14(16(20)21-15)9-10-5-7-11(18)8-6-10/h1-9H/b14-9-. The molecule has 2 aromatic rings. The molecule has 3 rings (SSSR count). The Kier molecular flexibility index (Phi) is 3.90. The molecule has 21 heavy (non-hydrogen) atoms. The van der Waals surface area contributed by atoms with E-state index in [1.54, 1.807) is 18.2 Å². The highest BCUT2D eigenvalue weighted by Gasteiger charge is 2.25. The third-order valence-electron chi connectivity index (χ3n) is 2.90. The maximum atomic E-state index is 11.9. The number of cyclic esters (lactones) is 1. The van der Waals surface area contributed by atoms with Gasteiger partial charge in [0.05, 0.1) is 5.56 Å². The molecule has 0 aliphatic carbocycles. The maximum absolute atomic E-state index is 11.9. The summed E-state index contributed by atoms with van der Waals surface area (Å²) in [5.41, 5.74) is 1.84. The van der Waals surface area contributed by atoms with Crippen LogP contribution in [0.1, 0.15) is 11.1 Å². The molecule has 0 radical (unpaired) electrons. The van der Waals surface area contributed by atoms with Crippen LogP contribution in [0.4, 0.5) is 0 Å². The molecule has 0 fully saturated rings. The van der Waals surface area contributed by atoms with E-state index >= 15 is 0 Å². The molecule has 3 nitrogen and oxygen atoms in total. The van der Waals surface area contributed by atoms with Gasteiger partial charge in [0.1, 0.15) is 0 Å². The van der Waals surface area contributed by atoms with E-state index in [0.29, 0.717) is 10.9 Å². The number of hydrogen-bond donors (Lipinski definition) is 0. The Morgan fingerprint density at radius 3 is 2.52 bits per heavy atom. The van der Waals surface area contributed by atoms with Crippen molar-refractivity contribution in [2.45, 2.75) is 0 Å². The number of ether oxygens (including phenoxy) is 1. The maximum Gasteiger partial charge on any atom is 0.363 e. The predicted octanol–water partition coefficient (Wildman–Crippen LogP) is 4.45. The fourth-order valence-corrected chi connectivity index (χ4v) is 2.46. The molecule has 0 N–H and O–H groups in total. The van der Waals surface area contributed by atoms with E-state index in [9.17, 15) is 4.79 Å². The Balaban J connectivity index is 1.96. The second-order valence-corrected chi connectivity index (χ2v) is 5.66. The average molecular weight is 363 g/mol. The van der Waals surface area contributed by atoms with Gasteiger partial charge in [-0.15, -0.1) is 0 Å². The minimum atomic E-state index is -0.462. The van der Waals surface area contributed by atoms with E-state index in [1.165, 1.54) is 0 Å². The van der Waals surface area contributed by atoms with Crippen molar-refractivity contribution >= 4 is 45.5 Å². The van der Waals surface area contributed by atoms with Crippen molar-refractivity contribution in [2.75, 3.05) is 0 Å². The molecule has 0 amide bonds. The van der Waals surface area contributed by atoms with Crippen LogP contribution >= 0.6 is 27.5 Å². The molecule has 0 atom stereocenters. The van der Waals surface area contributed by atoms with Gasteiger partial charge < -0.3 is 4.74 Å². The number of esters is 1. The highest BCUT2D eigenvalue weighted by molar-refractivity contribution is 9.10. The molecule has 0 saturated heterocycles. The zero-order valence-electron chi connectivity index (χ0n) is 10.7. The quantitative estimate of drug-likeness (QED) is 0.585. The number of carbonyl (C=O) groups is 1. The van der Waals surface area contributed by atoms with Crippen molar-refractivity contribution in [3.8, 4) is 0 Å². The fourth-order valence-electron chi connectivity index (χ4n) is 1.88. The molecule has 0 bridgehead atoms. The van der Waals surface area contributed by atoms with Crippen molar-refractivity contribution < 1.29 is 9.53 Å². The second-order valence-electron chi connectivity index (χ2n) is 4.37. The first-order valence-electron chi connectivity index (χ1n) is 6.16. The van der Waals surface area contributed by atoms with Gasteiger partial charge in [0.15, 0.2) is 5.70 Å². The normalized spacial score (nSPS) is 16.0. The van der Waals surface area contributed by atoms with Crippen molar-refractivity contribution in [1.29, 1.82) is 0 Å². The SMILES string of the molecule is O=C1OC(c2ccccc2Br)=N/C1=C\c1ccc(Cl)cc1. The molecule has 0 spiro atoms. The van der Waals surface area contributed by atoms with Crippen LogP contribution in [0.3, 0.4) is 0 Å². The number of rotatable bonds is 2. The topological polar surface area (TPSA) is 38.7 Å². The lowest BCUT2D eigenvalue weighted by Gasteiger charge is -2.01. The van der Waals surface area contributed by atoms with Gasteiger partial charge in [-0.1, -0.05) is 35.9 Å². The molecule has 1 aliphatic rings. The van der Waals surface area contributed by atoms with Crippen molar-refractivity contribution in [2.24, 2.45) is 4.99 Å². The Hall–Kier alpha value is -1.91. The van der Waals surface area contributed by atoms with Gasteiger partial charge in [0, 0.05) is 9.50 Å². The lowest BCUT2D eigenvalue weighted by Crippen LogP contribution is -2.05. The molecule has 104 valence electrons. The lowest BCUT2D eigenvalue weighted by atomic mass is 10.2. The minimum absolute atomic E-state index is 0.267. The van der Waals surface area contributed by atoms with Crippen LogP contribution in [-0.2, 0) is 9.53 Å². The summed E-state index contributed by atoms with van der Waals surface area (Å²) in [6.07, 6.45) is 1.67. The van der Waals surface area contributed by atoms with Crippen LogP contribution in [0.15, 0.2) is 63.7 Å². The average Bonchev–Trinajstić information content (AvgIpc) is 2.83. The van der Waals surface area contributed by atoms with Crippen LogP contribution < -0.4 is 0 Å². The zero-order chi connectivity index (χ0) is 14.8. The third-order valence-corrected chi connectivity index (χ3v) is 3.84. The van der Waals surface area contributed by atoms with Gasteiger partial charge in [-0.2, -0.15) is 0 Å². The zero-order valence-corrected chi connectivity index (χ0v) is 13.1. The summed E-state index contributed by atoms with van der Waals surface area (Å²) in [5.74, 6) is -0.164. The number of halogens is 2. The first kappa shape index (κ1) is 14.0. The highest BCUT2D eigenvalue weighted by Crippen LogP contribution is 2.24. The predicted molar refractivity (Wildman–Crippen MR) is 86.2 cm³/mol. The Labute approximate surface area is 135 Å². The number of carbonyl (C=O) groups excluding carboxylic acids is 1. The summed E-state index contributed by atoms with van der Waals surface area (Å²) < 4.78 is 6.05. The van der Waals surface area contributed by atoms with E-state index in [4.69, 9.17) is 16.3 Å². The van der Waals surface area contributed by atoms with Gasteiger partial charge in [0.2, 0.25) is 5.90 Å². The van der Waals surface area contributed by atoms with E-state index < -0.39 is 5.97 Å². The first-order chi connectivity index (χ1) is 10.1. The summed E-state index contributed by atoms with van der Waals surface area (Å²) in [4.78, 5) is 16.2. The van der Waals surface area contributed by atoms with Crippen LogP contribution in [0, 0.1) is 0 Å². The summed E-state index contributed by atoms with van der Waals surface area (Å²) in [6, 6.07) is 14.6. The first-order valence-corrected chi connectivity index (χ1v) is 7.33. The number of hydrogen-bond acceptors (Lipinski definition) is 3. The summed E-state index contributed by atoms with van der Waals surface area (Å²) >= 11 is 9.25. The van der Waals surface area contributed by atoms with E-state index in [-0.39, 0.29) is 5.70 Å².